The number of hydrogen-bond acceptors (Lipinski definition) is 5. The maximum atomic E-state index is 12.5. The predicted molar refractivity (Wildman–Crippen MR) is 91.7 cm³/mol. The molecule has 0 saturated carbocycles. The van der Waals surface area contributed by atoms with Crippen molar-refractivity contribution in [3.63, 3.8) is 0 Å². The molecular formula is C17H17N3O2S. The fourth-order valence-electron chi connectivity index (χ4n) is 2.33. The number of amides is 1. The molecule has 0 spiro atoms. The highest BCUT2D eigenvalue weighted by molar-refractivity contribution is 7.21. The first-order chi connectivity index (χ1) is 11.2. The number of fused-ring (bicyclic) bond motifs is 1. The second-order valence-electron chi connectivity index (χ2n) is 5.22. The van der Waals surface area contributed by atoms with Gasteiger partial charge in [-0.2, -0.15) is 0 Å². The average molecular weight is 327 g/mol. The SMILES string of the molecule is COC[C@H](C)NC(=O)c1cccnc1-c1nc2ccccc2s1. The van der Waals surface area contributed by atoms with Gasteiger partial charge < -0.3 is 10.1 Å². The van der Waals surface area contributed by atoms with E-state index >= 15 is 0 Å². The molecule has 2 aromatic heterocycles. The summed E-state index contributed by atoms with van der Waals surface area (Å²) in [5, 5.41) is 3.66. The van der Waals surface area contributed by atoms with Crippen LogP contribution in [0.2, 0.25) is 0 Å². The summed E-state index contributed by atoms with van der Waals surface area (Å²) in [6.07, 6.45) is 1.68. The third kappa shape index (κ3) is 3.38. The summed E-state index contributed by atoms with van der Waals surface area (Å²) in [7, 11) is 1.61. The molecule has 2 heterocycles. The van der Waals surface area contributed by atoms with Crippen LogP contribution in [0.15, 0.2) is 42.6 Å². The number of ether oxygens (including phenoxy) is 1. The third-order valence-corrected chi connectivity index (χ3v) is 4.39. The van der Waals surface area contributed by atoms with E-state index in [-0.39, 0.29) is 11.9 Å². The summed E-state index contributed by atoms with van der Waals surface area (Å²) >= 11 is 1.53. The highest BCUT2D eigenvalue weighted by Gasteiger charge is 2.18. The minimum Gasteiger partial charge on any atom is -0.383 e. The van der Waals surface area contributed by atoms with Crippen LogP contribution in [0.3, 0.4) is 0 Å². The second-order valence-corrected chi connectivity index (χ2v) is 6.25. The maximum absolute atomic E-state index is 12.5. The van der Waals surface area contributed by atoms with Crippen LogP contribution in [0.25, 0.3) is 20.9 Å². The van der Waals surface area contributed by atoms with Crippen molar-refractivity contribution in [2.24, 2.45) is 0 Å². The van der Waals surface area contributed by atoms with Gasteiger partial charge in [-0.25, -0.2) is 4.98 Å². The summed E-state index contributed by atoms with van der Waals surface area (Å²) < 4.78 is 6.13. The number of thiazole rings is 1. The first kappa shape index (κ1) is 15.6. The topological polar surface area (TPSA) is 64.1 Å². The predicted octanol–water partition coefficient (Wildman–Crippen LogP) is 3.12. The summed E-state index contributed by atoms with van der Waals surface area (Å²) in [4.78, 5) is 21.5. The maximum Gasteiger partial charge on any atom is 0.253 e. The van der Waals surface area contributed by atoms with Gasteiger partial charge in [-0.1, -0.05) is 12.1 Å². The molecule has 0 unspecified atom stereocenters. The Morgan fingerprint density at radius 1 is 1.30 bits per heavy atom. The zero-order valence-corrected chi connectivity index (χ0v) is 13.8. The van der Waals surface area contributed by atoms with Crippen molar-refractivity contribution in [1.29, 1.82) is 0 Å². The molecule has 0 aliphatic rings. The van der Waals surface area contributed by atoms with Crippen LogP contribution in [-0.2, 0) is 4.74 Å². The van der Waals surface area contributed by atoms with Gasteiger partial charge in [0.05, 0.1) is 22.4 Å². The molecule has 23 heavy (non-hydrogen) atoms. The number of carbonyl (C=O) groups is 1. The molecule has 118 valence electrons. The van der Waals surface area contributed by atoms with Crippen LogP contribution in [-0.4, -0.2) is 35.6 Å². The number of nitrogens with zero attached hydrogens (tertiary/aromatic N) is 2. The fraction of sp³-hybridized carbons (Fsp3) is 0.235. The van der Waals surface area contributed by atoms with Gasteiger partial charge in [0.25, 0.3) is 5.91 Å². The zero-order valence-electron chi connectivity index (χ0n) is 12.9. The van der Waals surface area contributed by atoms with Crippen LogP contribution in [0.1, 0.15) is 17.3 Å². The minimum absolute atomic E-state index is 0.0732. The van der Waals surface area contributed by atoms with E-state index in [0.29, 0.717) is 17.9 Å². The van der Waals surface area contributed by atoms with Crippen LogP contribution in [0.5, 0.6) is 0 Å². The lowest BCUT2D eigenvalue weighted by Crippen LogP contribution is -2.35. The van der Waals surface area contributed by atoms with Crippen molar-refractivity contribution in [3.8, 4) is 10.7 Å². The number of benzene rings is 1. The van der Waals surface area contributed by atoms with E-state index in [1.165, 1.54) is 11.3 Å². The van der Waals surface area contributed by atoms with E-state index in [9.17, 15) is 4.79 Å². The minimum atomic E-state index is -0.170. The summed E-state index contributed by atoms with van der Waals surface area (Å²) in [6, 6.07) is 11.3. The Labute approximate surface area is 138 Å². The van der Waals surface area contributed by atoms with E-state index in [0.717, 1.165) is 15.2 Å². The smallest absolute Gasteiger partial charge is 0.253 e. The van der Waals surface area contributed by atoms with E-state index in [1.807, 2.05) is 31.2 Å². The van der Waals surface area contributed by atoms with Crippen molar-refractivity contribution in [2.45, 2.75) is 13.0 Å². The van der Waals surface area contributed by atoms with Gasteiger partial charge in [0.2, 0.25) is 0 Å². The Balaban J connectivity index is 1.95. The second kappa shape index (κ2) is 6.85. The van der Waals surface area contributed by atoms with Crippen LogP contribution >= 0.6 is 11.3 Å². The molecule has 0 bridgehead atoms. The largest absolute Gasteiger partial charge is 0.383 e. The van der Waals surface area contributed by atoms with Crippen LogP contribution < -0.4 is 5.32 Å². The van der Waals surface area contributed by atoms with E-state index in [4.69, 9.17) is 4.74 Å². The number of pyridine rings is 1. The fourth-order valence-corrected chi connectivity index (χ4v) is 3.30. The number of hydrogen-bond donors (Lipinski definition) is 1. The molecule has 6 heteroatoms. The number of methoxy groups -OCH3 is 1. The molecule has 1 N–H and O–H groups in total. The molecule has 5 nitrogen and oxygen atoms in total. The number of nitrogens with one attached hydrogen (secondary N) is 1. The lowest BCUT2D eigenvalue weighted by atomic mass is 10.1. The summed E-state index contributed by atoms with van der Waals surface area (Å²) in [5.74, 6) is -0.170. The van der Waals surface area contributed by atoms with E-state index in [1.54, 1.807) is 25.4 Å². The number of carbonyl (C=O) groups excluding carboxylic acids is 1. The lowest BCUT2D eigenvalue weighted by molar-refractivity contribution is 0.0906. The number of aromatic nitrogens is 2. The molecular weight excluding hydrogens is 310 g/mol. The Morgan fingerprint density at radius 3 is 2.91 bits per heavy atom. The molecule has 1 aromatic carbocycles. The third-order valence-electron chi connectivity index (χ3n) is 3.34. The van der Waals surface area contributed by atoms with Gasteiger partial charge >= 0.3 is 0 Å². The van der Waals surface area contributed by atoms with E-state index in [2.05, 4.69) is 15.3 Å². The highest BCUT2D eigenvalue weighted by Crippen LogP contribution is 2.30. The van der Waals surface area contributed by atoms with Gasteiger partial charge in [0, 0.05) is 19.3 Å². The Morgan fingerprint density at radius 2 is 2.13 bits per heavy atom. The standard InChI is InChI=1S/C17H17N3O2S/c1-11(10-22-2)19-16(21)12-6-5-9-18-15(12)17-20-13-7-3-4-8-14(13)23-17/h3-9,11H,10H2,1-2H3,(H,19,21)/t11-/m0/s1. The van der Waals surface area contributed by atoms with Gasteiger partial charge in [-0.3, -0.25) is 9.78 Å². The molecule has 0 saturated heterocycles. The number of rotatable bonds is 5. The van der Waals surface area contributed by atoms with Crippen molar-refractivity contribution in [3.05, 3.63) is 48.2 Å². The molecule has 0 aliphatic carbocycles. The Kier molecular flexibility index (Phi) is 4.64. The average Bonchev–Trinajstić information content (AvgIpc) is 2.99. The summed E-state index contributed by atoms with van der Waals surface area (Å²) in [6.45, 7) is 2.36. The molecule has 3 rings (SSSR count). The molecule has 3 aromatic rings. The molecule has 1 atom stereocenters. The zero-order chi connectivity index (χ0) is 16.2. The van der Waals surface area contributed by atoms with Crippen molar-refractivity contribution in [1.82, 2.24) is 15.3 Å². The van der Waals surface area contributed by atoms with Gasteiger partial charge in [0.1, 0.15) is 10.7 Å². The first-order valence-electron chi connectivity index (χ1n) is 7.30. The molecule has 1 amide bonds. The highest BCUT2D eigenvalue weighted by atomic mass is 32.1. The van der Waals surface area contributed by atoms with Crippen LogP contribution in [0.4, 0.5) is 0 Å². The van der Waals surface area contributed by atoms with Crippen molar-refractivity contribution in [2.75, 3.05) is 13.7 Å². The Hall–Kier alpha value is -2.31. The quantitative estimate of drug-likeness (QED) is 0.782. The molecule has 0 fully saturated rings. The summed E-state index contributed by atoms with van der Waals surface area (Å²) in [5.41, 5.74) is 2.04. The first-order valence-corrected chi connectivity index (χ1v) is 8.11. The van der Waals surface area contributed by atoms with Gasteiger partial charge in [-0.05, 0) is 31.2 Å². The molecule has 0 radical (unpaired) electrons. The lowest BCUT2D eigenvalue weighted by Gasteiger charge is -2.13. The molecule has 0 aliphatic heterocycles. The van der Waals surface area contributed by atoms with Crippen molar-refractivity contribution < 1.29 is 9.53 Å². The Bertz CT molecular complexity index is 798. The monoisotopic (exact) mass is 327 g/mol. The van der Waals surface area contributed by atoms with Crippen molar-refractivity contribution >= 4 is 27.5 Å². The van der Waals surface area contributed by atoms with Gasteiger partial charge in [-0.15, -0.1) is 11.3 Å². The normalized spacial score (nSPS) is 12.3. The van der Waals surface area contributed by atoms with Gasteiger partial charge in [0.15, 0.2) is 0 Å². The van der Waals surface area contributed by atoms with E-state index < -0.39 is 0 Å². The number of para-hydroxylation sites is 1. The van der Waals surface area contributed by atoms with Crippen LogP contribution in [0, 0.1) is 0 Å².